The fraction of sp³-hybridized carbons (Fsp3) is 0.375. The summed E-state index contributed by atoms with van der Waals surface area (Å²) in [6.07, 6.45) is 2.71. The first-order valence-corrected chi connectivity index (χ1v) is 6.56. The minimum atomic E-state index is 0.249. The highest BCUT2D eigenvalue weighted by atomic mass is 16.1. The molecule has 0 spiro atoms. The maximum absolute atomic E-state index is 11.3. The Kier molecular flexibility index (Phi) is 3.56. The molecule has 0 N–H and O–H groups in total. The van der Waals surface area contributed by atoms with Gasteiger partial charge in [-0.05, 0) is 45.7 Å². The monoisotopic (exact) mass is 256 g/mol. The van der Waals surface area contributed by atoms with Gasteiger partial charge in [-0.3, -0.25) is 9.48 Å². The van der Waals surface area contributed by atoms with Crippen molar-refractivity contribution in [3.63, 3.8) is 0 Å². The molecule has 0 radical (unpaired) electrons. The number of hydrogen-bond donors (Lipinski definition) is 0. The summed E-state index contributed by atoms with van der Waals surface area (Å²) in [5.74, 6) is 0. The van der Waals surface area contributed by atoms with Crippen LogP contribution in [0.1, 0.15) is 46.9 Å². The van der Waals surface area contributed by atoms with Gasteiger partial charge in [0.05, 0.1) is 5.56 Å². The number of aryl methyl sites for hydroxylation is 3. The highest BCUT2D eigenvalue weighted by Crippen LogP contribution is 2.29. The lowest BCUT2D eigenvalue weighted by atomic mass is 9.96. The molecule has 0 aliphatic rings. The van der Waals surface area contributed by atoms with Crippen LogP contribution in [0.25, 0.3) is 11.3 Å². The SMILES string of the molecule is Cc1cc(C)c(-c2nn(C(C)C)cc2C=O)c(C)c1. The molecule has 0 aliphatic carbocycles. The van der Waals surface area contributed by atoms with Gasteiger partial charge >= 0.3 is 0 Å². The molecule has 0 aliphatic heterocycles. The lowest BCUT2D eigenvalue weighted by Gasteiger charge is -2.10. The number of carbonyl (C=O) groups is 1. The number of carbonyl (C=O) groups excluding carboxylic acids is 1. The minimum Gasteiger partial charge on any atom is -0.298 e. The van der Waals surface area contributed by atoms with Crippen LogP contribution in [-0.4, -0.2) is 16.1 Å². The first kappa shape index (κ1) is 13.5. The van der Waals surface area contributed by atoms with Crippen molar-refractivity contribution in [2.45, 2.75) is 40.7 Å². The summed E-state index contributed by atoms with van der Waals surface area (Å²) in [7, 11) is 0. The quantitative estimate of drug-likeness (QED) is 0.781. The number of aromatic nitrogens is 2. The summed E-state index contributed by atoms with van der Waals surface area (Å²) in [5.41, 5.74) is 6.08. The Morgan fingerprint density at radius 2 is 1.74 bits per heavy atom. The van der Waals surface area contributed by atoms with Gasteiger partial charge in [0.2, 0.25) is 0 Å². The van der Waals surface area contributed by atoms with Crippen molar-refractivity contribution < 1.29 is 4.79 Å². The van der Waals surface area contributed by atoms with Crippen LogP contribution in [0.2, 0.25) is 0 Å². The van der Waals surface area contributed by atoms with Crippen LogP contribution in [0.15, 0.2) is 18.3 Å². The van der Waals surface area contributed by atoms with Gasteiger partial charge in [-0.15, -0.1) is 0 Å². The van der Waals surface area contributed by atoms with Crippen LogP contribution in [0.5, 0.6) is 0 Å². The van der Waals surface area contributed by atoms with Gasteiger partial charge < -0.3 is 0 Å². The molecule has 19 heavy (non-hydrogen) atoms. The van der Waals surface area contributed by atoms with E-state index >= 15 is 0 Å². The molecule has 3 nitrogen and oxygen atoms in total. The van der Waals surface area contributed by atoms with Gasteiger partial charge in [0.15, 0.2) is 6.29 Å². The lowest BCUT2D eigenvalue weighted by Crippen LogP contribution is -2.01. The van der Waals surface area contributed by atoms with Gasteiger partial charge in [-0.25, -0.2) is 0 Å². The van der Waals surface area contributed by atoms with Crippen LogP contribution in [0.3, 0.4) is 0 Å². The van der Waals surface area contributed by atoms with Crippen molar-refractivity contribution in [1.82, 2.24) is 9.78 Å². The largest absolute Gasteiger partial charge is 0.298 e. The Labute approximate surface area is 114 Å². The van der Waals surface area contributed by atoms with Gasteiger partial charge in [-0.1, -0.05) is 17.7 Å². The number of aldehydes is 1. The van der Waals surface area contributed by atoms with E-state index in [9.17, 15) is 4.79 Å². The van der Waals surface area contributed by atoms with E-state index in [4.69, 9.17) is 0 Å². The molecule has 3 heteroatoms. The lowest BCUT2D eigenvalue weighted by molar-refractivity contribution is 0.112. The fourth-order valence-corrected chi connectivity index (χ4v) is 2.50. The maximum Gasteiger partial charge on any atom is 0.153 e. The van der Waals surface area contributed by atoms with Gasteiger partial charge in [0.1, 0.15) is 5.69 Å². The van der Waals surface area contributed by atoms with Crippen LogP contribution < -0.4 is 0 Å². The van der Waals surface area contributed by atoms with Crippen molar-refractivity contribution in [2.24, 2.45) is 0 Å². The van der Waals surface area contributed by atoms with E-state index in [2.05, 4.69) is 51.9 Å². The zero-order valence-electron chi connectivity index (χ0n) is 12.2. The predicted octanol–water partition coefficient (Wildman–Crippen LogP) is 3.87. The van der Waals surface area contributed by atoms with Crippen LogP contribution >= 0.6 is 0 Å². The smallest absolute Gasteiger partial charge is 0.153 e. The second kappa shape index (κ2) is 5.00. The topological polar surface area (TPSA) is 34.9 Å². The zero-order chi connectivity index (χ0) is 14.2. The molecule has 0 amide bonds. The molecular formula is C16H20N2O. The van der Waals surface area contributed by atoms with Crippen molar-refractivity contribution in [3.8, 4) is 11.3 Å². The molecule has 0 bridgehead atoms. The average molecular weight is 256 g/mol. The number of nitrogens with zero attached hydrogens (tertiary/aromatic N) is 2. The summed E-state index contributed by atoms with van der Waals surface area (Å²) in [6, 6.07) is 4.51. The van der Waals surface area contributed by atoms with Gasteiger partial charge in [-0.2, -0.15) is 5.10 Å². The zero-order valence-corrected chi connectivity index (χ0v) is 12.2. The highest BCUT2D eigenvalue weighted by molar-refractivity contribution is 5.87. The van der Waals surface area contributed by atoms with Crippen molar-refractivity contribution in [3.05, 3.63) is 40.6 Å². The molecule has 1 aromatic carbocycles. The third-order valence-electron chi connectivity index (χ3n) is 3.33. The van der Waals surface area contributed by atoms with E-state index in [1.165, 1.54) is 5.56 Å². The van der Waals surface area contributed by atoms with Crippen LogP contribution in [0, 0.1) is 20.8 Å². The van der Waals surface area contributed by atoms with E-state index in [-0.39, 0.29) is 6.04 Å². The first-order valence-electron chi connectivity index (χ1n) is 6.56. The summed E-state index contributed by atoms with van der Waals surface area (Å²) < 4.78 is 1.85. The molecule has 0 saturated heterocycles. The summed E-state index contributed by atoms with van der Waals surface area (Å²) in [5, 5.41) is 4.59. The number of hydrogen-bond acceptors (Lipinski definition) is 2. The standard InChI is InChI=1S/C16H20N2O/c1-10(2)18-8-14(9-19)16(17-18)15-12(4)6-11(3)7-13(15)5/h6-10H,1-5H3. The molecule has 0 fully saturated rings. The Morgan fingerprint density at radius 3 is 2.21 bits per heavy atom. The first-order chi connectivity index (χ1) is 8.93. The molecule has 2 rings (SSSR count). The Hall–Kier alpha value is -1.90. The highest BCUT2D eigenvalue weighted by Gasteiger charge is 2.16. The third-order valence-corrected chi connectivity index (χ3v) is 3.33. The van der Waals surface area contributed by atoms with Crippen molar-refractivity contribution >= 4 is 6.29 Å². The second-order valence-corrected chi connectivity index (χ2v) is 5.40. The molecule has 1 aromatic heterocycles. The van der Waals surface area contributed by atoms with Crippen molar-refractivity contribution in [2.75, 3.05) is 0 Å². The average Bonchev–Trinajstić information content (AvgIpc) is 2.71. The van der Waals surface area contributed by atoms with E-state index in [0.29, 0.717) is 5.56 Å². The van der Waals surface area contributed by atoms with Crippen LogP contribution in [-0.2, 0) is 0 Å². The summed E-state index contributed by atoms with van der Waals surface area (Å²) in [4.78, 5) is 11.3. The van der Waals surface area contributed by atoms with E-state index in [0.717, 1.165) is 28.7 Å². The Balaban J connectivity index is 2.68. The maximum atomic E-state index is 11.3. The van der Waals surface area contributed by atoms with Gasteiger partial charge in [0.25, 0.3) is 0 Å². The molecule has 0 saturated carbocycles. The Morgan fingerprint density at radius 1 is 1.16 bits per heavy atom. The predicted molar refractivity (Wildman–Crippen MR) is 77.6 cm³/mol. The number of rotatable bonds is 3. The summed E-state index contributed by atoms with van der Waals surface area (Å²) >= 11 is 0. The molecule has 0 unspecified atom stereocenters. The normalized spacial score (nSPS) is 11.1. The second-order valence-electron chi connectivity index (χ2n) is 5.40. The van der Waals surface area contributed by atoms with Crippen LogP contribution in [0.4, 0.5) is 0 Å². The molecule has 100 valence electrons. The van der Waals surface area contributed by atoms with E-state index < -0.39 is 0 Å². The fourth-order valence-electron chi connectivity index (χ4n) is 2.50. The molecule has 2 aromatic rings. The van der Waals surface area contributed by atoms with Crippen molar-refractivity contribution in [1.29, 1.82) is 0 Å². The molecule has 0 atom stereocenters. The third kappa shape index (κ3) is 2.46. The Bertz CT molecular complexity index is 601. The number of benzene rings is 1. The van der Waals surface area contributed by atoms with E-state index in [1.54, 1.807) is 0 Å². The van der Waals surface area contributed by atoms with E-state index in [1.807, 2.05) is 10.9 Å². The molecule has 1 heterocycles. The minimum absolute atomic E-state index is 0.249. The van der Waals surface area contributed by atoms with Gasteiger partial charge in [0, 0.05) is 17.8 Å². The molecular weight excluding hydrogens is 236 g/mol. The summed E-state index contributed by atoms with van der Waals surface area (Å²) in [6.45, 7) is 10.3.